The number of aromatic nitrogens is 2. The fourth-order valence-corrected chi connectivity index (χ4v) is 4.78. The standard InChI is InChI=1S/C20H27N5O2S2/c1-15(26)25(18-7-8-18)19-21-24(20(28)29-19)14-22(2)13-16-3-5-17(6-4-16)23-9-11-27-12-10-23/h3-6,18H,7-14H2,1-2H3. The van der Waals surface area contributed by atoms with Gasteiger partial charge < -0.3 is 9.64 Å². The van der Waals surface area contributed by atoms with Crippen LogP contribution in [0.2, 0.25) is 0 Å². The molecule has 29 heavy (non-hydrogen) atoms. The molecular formula is C20H27N5O2S2. The molecule has 1 aromatic heterocycles. The van der Waals surface area contributed by atoms with Crippen molar-refractivity contribution in [2.45, 2.75) is 39.0 Å². The van der Waals surface area contributed by atoms with Crippen molar-refractivity contribution in [1.82, 2.24) is 14.7 Å². The van der Waals surface area contributed by atoms with Crippen LogP contribution in [-0.4, -0.2) is 60.0 Å². The summed E-state index contributed by atoms with van der Waals surface area (Å²) in [7, 11) is 2.06. The second-order valence-corrected chi connectivity index (χ2v) is 9.29. The Morgan fingerprint density at radius 3 is 2.59 bits per heavy atom. The summed E-state index contributed by atoms with van der Waals surface area (Å²) in [4.78, 5) is 18.3. The molecule has 0 radical (unpaired) electrons. The zero-order valence-electron chi connectivity index (χ0n) is 16.9. The molecule has 156 valence electrons. The Kier molecular flexibility index (Phi) is 6.29. The number of ether oxygens (including phenoxy) is 1. The molecule has 2 aliphatic rings. The Bertz CT molecular complexity index is 900. The van der Waals surface area contributed by atoms with Gasteiger partial charge in [-0.2, -0.15) is 0 Å². The van der Waals surface area contributed by atoms with Crippen LogP contribution >= 0.6 is 23.6 Å². The maximum absolute atomic E-state index is 12.0. The van der Waals surface area contributed by atoms with Crippen molar-refractivity contribution in [1.29, 1.82) is 0 Å². The van der Waals surface area contributed by atoms with Crippen molar-refractivity contribution < 1.29 is 9.53 Å². The quantitative estimate of drug-likeness (QED) is 0.626. The maximum Gasteiger partial charge on any atom is 0.225 e. The van der Waals surface area contributed by atoms with Crippen molar-refractivity contribution in [3.05, 3.63) is 33.8 Å². The van der Waals surface area contributed by atoms with Crippen molar-refractivity contribution in [2.75, 3.05) is 43.2 Å². The Balaban J connectivity index is 1.37. The number of anilines is 2. The van der Waals surface area contributed by atoms with Crippen molar-refractivity contribution in [2.24, 2.45) is 0 Å². The van der Waals surface area contributed by atoms with Crippen LogP contribution < -0.4 is 9.80 Å². The van der Waals surface area contributed by atoms with Crippen LogP contribution in [0, 0.1) is 3.95 Å². The van der Waals surface area contributed by atoms with E-state index >= 15 is 0 Å². The van der Waals surface area contributed by atoms with Crippen LogP contribution in [0.15, 0.2) is 24.3 Å². The second-order valence-electron chi connectivity index (χ2n) is 7.69. The molecule has 9 heteroatoms. The molecule has 1 saturated carbocycles. The second kappa shape index (κ2) is 8.91. The van der Waals surface area contributed by atoms with E-state index in [2.05, 4.69) is 46.2 Å². The summed E-state index contributed by atoms with van der Waals surface area (Å²) in [5.74, 6) is 0.0390. The Labute approximate surface area is 180 Å². The number of hydrogen-bond acceptors (Lipinski definition) is 7. The van der Waals surface area contributed by atoms with Gasteiger partial charge in [-0.15, -0.1) is 5.10 Å². The van der Waals surface area contributed by atoms with Gasteiger partial charge in [0, 0.05) is 38.3 Å². The minimum atomic E-state index is 0.0390. The molecule has 1 aliphatic carbocycles. The summed E-state index contributed by atoms with van der Waals surface area (Å²) in [6.07, 6.45) is 2.10. The smallest absolute Gasteiger partial charge is 0.225 e. The third-order valence-corrected chi connectivity index (χ3v) is 6.50. The average molecular weight is 434 g/mol. The first-order chi connectivity index (χ1) is 14.0. The van der Waals surface area contributed by atoms with Crippen LogP contribution in [-0.2, 0) is 22.7 Å². The van der Waals surface area contributed by atoms with Gasteiger partial charge in [-0.05, 0) is 49.8 Å². The van der Waals surface area contributed by atoms with E-state index in [1.54, 1.807) is 11.8 Å². The molecule has 0 atom stereocenters. The lowest BCUT2D eigenvalue weighted by molar-refractivity contribution is -0.116. The average Bonchev–Trinajstić information content (AvgIpc) is 3.47. The molecule has 1 aromatic carbocycles. The van der Waals surface area contributed by atoms with E-state index in [0.29, 0.717) is 21.8 Å². The zero-order valence-corrected chi connectivity index (χ0v) is 18.5. The van der Waals surface area contributed by atoms with E-state index in [1.807, 2.05) is 4.68 Å². The fraction of sp³-hybridized carbons (Fsp3) is 0.550. The number of amides is 1. The summed E-state index contributed by atoms with van der Waals surface area (Å²) in [5.41, 5.74) is 2.49. The monoisotopic (exact) mass is 433 g/mol. The largest absolute Gasteiger partial charge is 0.378 e. The van der Waals surface area contributed by atoms with E-state index < -0.39 is 0 Å². The van der Waals surface area contributed by atoms with Crippen molar-refractivity contribution in [3.63, 3.8) is 0 Å². The van der Waals surface area contributed by atoms with E-state index in [0.717, 1.165) is 45.7 Å². The number of carbonyl (C=O) groups is 1. The molecular weight excluding hydrogens is 406 g/mol. The van der Waals surface area contributed by atoms with Gasteiger partial charge in [-0.3, -0.25) is 14.6 Å². The number of hydrogen-bond donors (Lipinski definition) is 0. The third-order valence-electron chi connectivity index (χ3n) is 5.19. The summed E-state index contributed by atoms with van der Waals surface area (Å²) in [6, 6.07) is 9.02. The lowest BCUT2D eigenvalue weighted by Crippen LogP contribution is -2.36. The van der Waals surface area contributed by atoms with E-state index in [9.17, 15) is 4.79 Å². The third kappa shape index (κ3) is 5.03. The number of morpholine rings is 1. The SMILES string of the molecule is CC(=O)N(c1nn(CN(C)Cc2ccc(N3CCOCC3)cc2)c(=S)s1)C1CC1. The van der Waals surface area contributed by atoms with Crippen LogP contribution in [0.25, 0.3) is 0 Å². The first-order valence-corrected chi connectivity index (χ1v) is 11.2. The van der Waals surface area contributed by atoms with Gasteiger partial charge in [0.05, 0.1) is 19.9 Å². The summed E-state index contributed by atoms with van der Waals surface area (Å²) in [6.45, 7) is 6.47. The van der Waals surface area contributed by atoms with Gasteiger partial charge in [0.25, 0.3) is 0 Å². The highest BCUT2D eigenvalue weighted by Gasteiger charge is 2.34. The summed E-state index contributed by atoms with van der Waals surface area (Å²) in [5, 5.41) is 5.34. The molecule has 7 nitrogen and oxygen atoms in total. The normalized spacial score (nSPS) is 17.0. The van der Waals surface area contributed by atoms with Crippen LogP contribution in [0.4, 0.5) is 10.8 Å². The van der Waals surface area contributed by atoms with Gasteiger partial charge in [-0.1, -0.05) is 23.5 Å². The highest BCUT2D eigenvalue weighted by atomic mass is 32.1. The molecule has 0 N–H and O–H groups in total. The highest BCUT2D eigenvalue weighted by Crippen LogP contribution is 2.33. The maximum atomic E-state index is 12.0. The van der Waals surface area contributed by atoms with Gasteiger partial charge in [0.15, 0.2) is 3.95 Å². The Hall–Kier alpha value is -1.81. The van der Waals surface area contributed by atoms with E-state index in [-0.39, 0.29) is 5.91 Å². The minimum absolute atomic E-state index is 0.0390. The number of benzene rings is 1. The Morgan fingerprint density at radius 2 is 1.97 bits per heavy atom. The molecule has 1 saturated heterocycles. The molecule has 2 heterocycles. The molecule has 4 rings (SSSR count). The fourth-order valence-electron chi connectivity index (χ4n) is 3.59. The molecule has 1 aliphatic heterocycles. The van der Waals surface area contributed by atoms with Crippen LogP contribution in [0.3, 0.4) is 0 Å². The molecule has 1 amide bonds. The number of rotatable bonds is 7. The topological polar surface area (TPSA) is 53.8 Å². The molecule has 0 spiro atoms. The lowest BCUT2D eigenvalue weighted by atomic mass is 10.2. The van der Waals surface area contributed by atoms with Gasteiger partial charge >= 0.3 is 0 Å². The summed E-state index contributed by atoms with van der Waals surface area (Å²) < 4.78 is 7.93. The van der Waals surface area contributed by atoms with E-state index in [4.69, 9.17) is 17.0 Å². The lowest BCUT2D eigenvalue weighted by Gasteiger charge is -2.29. The zero-order chi connectivity index (χ0) is 20.4. The molecule has 2 aromatic rings. The van der Waals surface area contributed by atoms with Crippen molar-refractivity contribution in [3.8, 4) is 0 Å². The number of nitrogens with zero attached hydrogens (tertiary/aromatic N) is 5. The highest BCUT2D eigenvalue weighted by molar-refractivity contribution is 7.73. The molecule has 0 unspecified atom stereocenters. The molecule has 0 bridgehead atoms. The minimum Gasteiger partial charge on any atom is -0.378 e. The van der Waals surface area contributed by atoms with Crippen molar-refractivity contribution >= 4 is 40.3 Å². The van der Waals surface area contributed by atoms with E-state index in [1.165, 1.54) is 22.6 Å². The van der Waals surface area contributed by atoms with Gasteiger partial charge in [0.2, 0.25) is 11.0 Å². The number of carbonyl (C=O) groups excluding carboxylic acids is 1. The van der Waals surface area contributed by atoms with Crippen LogP contribution in [0.5, 0.6) is 0 Å². The molecule has 2 fully saturated rings. The first kappa shape index (κ1) is 20.5. The van der Waals surface area contributed by atoms with Crippen LogP contribution in [0.1, 0.15) is 25.3 Å². The van der Waals surface area contributed by atoms with Gasteiger partial charge in [0.1, 0.15) is 0 Å². The Morgan fingerprint density at radius 1 is 1.28 bits per heavy atom. The van der Waals surface area contributed by atoms with Gasteiger partial charge in [-0.25, -0.2) is 4.68 Å². The summed E-state index contributed by atoms with van der Waals surface area (Å²) >= 11 is 6.91. The predicted molar refractivity (Wildman–Crippen MR) is 118 cm³/mol. The predicted octanol–water partition coefficient (Wildman–Crippen LogP) is 3.12. The first-order valence-electron chi connectivity index (χ1n) is 9.99.